The van der Waals surface area contributed by atoms with E-state index in [9.17, 15) is 9.59 Å². The maximum absolute atomic E-state index is 14.9. The number of likely N-dealkylation sites (tertiary alicyclic amines) is 2. The zero-order valence-electron chi connectivity index (χ0n) is 34.2. The summed E-state index contributed by atoms with van der Waals surface area (Å²) in [6, 6.07) is 31.8. The number of ketones is 2. The van der Waals surface area contributed by atoms with E-state index < -0.39 is 5.41 Å². The van der Waals surface area contributed by atoms with Crippen molar-refractivity contribution in [1.82, 2.24) is 9.80 Å². The fourth-order valence-corrected chi connectivity index (χ4v) is 8.40. The van der Waals surface area contributed by atoms with Crippen LogP contribution >= 0.6 is 0 Å². The van der Waals surface area contributed by atoms with Gasteiger partial charge < -0.3 is 18.9 Å². The standard InChI is InChI=1S/C49H62N2O6/c1-54-45-35-39(19-23-43(45)56-33-31-50-27-11-5-12-28-50)21-25-47(52)49(37-41-15-7-3-8-16-41,38-42-17-9-4-10-18-42)48(53)26-22-40-20-24-44(46(36-40)55-2)57-34-32-51-29-13-6-14-30-51/h3-4,7-10,15-20,23-24,35-36H,5-6,11-14,21-22,25-34,37-38H2,1-2H3. The summed E-state index contributed by atoms with van der Waals surface area (Å²) in [5.74, 6) is 2.63. The van der Waals surface area contributed by atoms with Gasteiger partial charge in [-0.05, 0) is 124 Å². The van der Waals surface area contributed by atoms with E-state index in [1.807, 2.05) is 97.1 Å². The Kier molecular flexibility index (Phi) is 16.0. The van der Waals surface area contributed by atoms with Crippen LogP contribution in [0.1, 0.15) is 73.6 Å². The minimum Gasteiger partial charge on any atom is -0.493 e. The van der Waals surface area contributed by atoms with Crippen LogP contribution in [0.15, 0.2) is 97.1 Å². The predicted molar refractivity (Wildman–Crippen MR) is 227 cm³/mol. The highest BCUT2D eigenvalue weighted by atomic mass is 16.5. The van der Waals surface area contributed by atoms with Crippen molar-refractivity contribution in [2.45, 2.75) is 77.0 Å². The van der Waals surface area contributed by atoms with Gasteiger partial charge >= 0.3 is 0 Å². The average molecular weight is 775 g/mol. The molecular weight excluding hydrogens is 713 g/mol. The normalized spacial score (nSPS) is 15.2. The van der Waals surface area contributed by atoms with Crippen molar-refractivity contribution in [2.24, 2.45) is 5.41 Å². The molecule has 0 bridgehead atoms. The van der Waals surface area contributed by atoms with E-state index in [1.165, 1.54) is 38.5 Å². The zero-order chi connectivity index (χ0) is 39.7. The third-order valence-corrected chi connectivity index (χ3v) is 11.7. The van der Waals surface area contributed by atoms with Gasteiger partial charge in [-0.3, -0.25) is 19.4 Å². The largest absolute Gasteiger partial charge is 0.493 e. The fraction of sp³-hybridized carbons (Fsp3) is 0.469. The van der Waals surface area contributed by atoms with Crippen LogP contribution in [0.2, 0.25) is 0 Å². The van der Waals surface area contributed by atoms with E-state index in [0.717, 1.165) is 61.5 Å². The highest BCUT2D eigenvalue weighted by Crippen LogP contribution is 2.36. The van der Waals surface area contributed by atoms with Gasteiger partial charge in [-0.2, -0.15) is 0 Å². The Morgan fingerprint density at radius 1 is 0.509 bits per heavy atom. The number of benzene rings is 4. The molecule has 0 amide bonds. The Balaban J connectivity index is 1.17. The molecule has 2 heterocycles. The second kappa shape index (κ2) is 21.8. The molecular formula is C49H62N2O6. The minimum absolute atomic E-state index is 0.0453. The molecule has 4 aromatic rings. The maximum Gasteiger partial charge on any atom is 0.161 e. The van der Waals surface area contributed by atoms with E-state index in [-0.39, 0.29) is 24.4 Å². The summed E-state index contributed by atoms with van der Waals surface area (Å²) >= 11 is 0. The van der Waals surface area contributed by atoms with Crippen molar-refractivity contribution in [2.75, 3.05) is 66.7 Å². The second-order valence-corrected chi connectivity index (χ2v) is 15.7. The number of carbonyl (C=O) groups is 2. The predicted octanol–water partition coefficient (Wildman–Crippen LogP) is 8.61. The molecule has 8 nitrogen and oxygen atoms in total. The van der Waals surface area contributed by atoms with E-state index in [2.05, 4.69) is 9.80 Å². The van der Waals surface area contributed by atoms with Crippen LogP contribution in [0, 0.1) is 5.41 Å². The number of aryl methyl sites for hydroxylation is 2. The Morgan fingerprint density at radius 2 is 0.912 bits per heavy atom. The lowest BCUT2D eigenvalue weighted by atomic mass is 9.68. The summed E-state index contributed by atoms with van der Waals surface area (Å²) in [5.41, 5.74) is 2.63. The molecule has 0 radical (unpaired) electrons. The topological polar surface area (TPSA) is 77.5 Å². The third kappa shape index (κ3) is 12.2. The molecule has 0 aromatic heterocycles. The molecule has 57 heavy (non-hydrogen) atoms. The fourth-order valence-electron chi connectivity index (χ4n) is 8.40. The molecule has 2 aliphatic rings. The number of rotatable bonds is 22. The van der Waals surface area contributed by atoms with Gasteiger partial charge in [-0.15, -0.1) is 0 Å². The number of piperidine rings is 2. The molecule has 6 rings (SSSR count). The maximum atomic E-state index is 14.9. The first-order chi connectivity index (χ1) is 28.0. The van der Waals surface area contributed by atoms with Crippen LogP contribution in [-0.4, -0.2) is 88.1 Å². The summed E-state index contributed by atoms with van der Waals surface area (Å²) in [6.45, 7) is 7.49. The lowest BCUT2D eigenvalue weighted by Crippen LogP contribution is -2.44. The van der Waals surface area contributed by atoms with Gasteiger partial charge in [0.1, 0.15) is 24.8 Å². The molecule has 2 fully saturated rings. The lowest BCUT2D eigenvalue weighted by molar-refractivity contribution is -0.141. The first-order valence-corrected chi connectivity index (χ1v) is 21.1. The molecule has 2 aliphatic heterocycles. The van der Waals surface area contributed by atoms with E-state index in [4.69, 9.17) is 18.9 Å². The molecule has 0 atom stereocenters. The molecule has 0 spiro atoms. The quantitative estimate of drug-likeness (QED) is 0.0736. The highest BCUT2D eigenvalue weighted by Gasteiger charge is 2.44. The van der Waals surface area contributed by atoms with Gasteiger partial charge in [0, 0.05) is 25.9 Å². The Hall–Kier alpha value is -4.66. The number of methoxy groups -OCH3 is 2. The number of hydrogen-bond acceptors (Lipinski definition) is 8. The van der Waals surface area contributed by atoms with Crippen LogP contribution in [0.5, 0.6) is 23.0 Å². The number of Topliss-reactive ketones (excluding diaryl/α,β-unsaturated/α-hetero) is 2. The molecule has 0 saturated carbocycles. The number of hydrogen-bond donors (Lipinski definition) is 0. The Bertz CT molecular complexity index is 1700. The van der Waals surface area contributed by atoms with E-state index in [1.54, 1.807) is 14.2 Å². The molecule has 8 heteroatoms. The lowest BCUT2D eigenvalue weighted by Gasteiger charge is -2.32. The second-order valence-electron chi connectivity index (χ2n) is 15.7. The Morgan fingerprint density at radius 3 is 1.30 bits per heavy atom. The van der Waals surface area contributed by atoms with E-state index in [0.29, 0.717) is 61.9 Å². The van der Waals surface area contributed by atoms with Gasteiger partial charge in [0.25, 0.3) is 0 Å². The van der Waals surface area contributed by atoms with Crippen LogP contribution in [0.4, 0.5) is 0 Å². The first kappa shape index (κ1) is 42.0. The third-order valence-electron chi connectivity index (χ3n) is 11.7. The van der Waals surface area contributed by atoms with Gasteiger partial charge in [-0.25, -0.2) is 0 Å². The molecule has 0 unspecified atom stereocenters. The molecule has 0 N–H and O–H groups in total. The van der Waals surface area contributed by atoms with Gasteiger partial charge in [-0.1, -0.05) is 85.6 Å². The molecule has 0 aliphatic carbocycles. The first-order valence-electron chi connectivity index (χ1n) is 21.1. The average Bonchev–Trinajstić information content (AvgIpc) is 3.26. The van der Waals surface area contributed by atoms with Crippen molar-refractivity contribution in [3.05, 3.63) is 119 Å². The molecule has 4 aromatic carbocycles. The van der Waals surface area contributed by atoms with Crippen molar-refractivity contribution in [1.29, 1.82) is 0 Å². The summed E-state index contributed by atoms with van der Waals surface area (Å²) in [7, 11) is 3.30. The van der Waals surface area contributed by atoms with Crippen LogP contribution in [-0.2, 0) is 35.3 Å². The Labute approximate surface area is 340 Å². The van der Waals surface area contributed by atoms with Crippen molar-refractivity contribution >= 4 is 11.6 Å². The number of ether oxygens (including phenoxy) is 4. The van der Waals surface area contributed by atoms with Crippen molar-refractivity contribution in [3.8, 4) is 23.0 Å². The van der Waals surface area contributed by atoms with Crippen LogP contribution in [0.25, 0.3) is 0 Å². The van der Waals surface area contributed by atoms with Gasteiger partial charge in [0.05, 0.1) is 19.6 Å². The zero-order valence-corrected chi connectivity index (χ0v) is 34.2. The van der Waals surface area contributed by atoms with Gasteiger partial charge in [0.2, 0.25) is 0 Å². The monoisotopic (exact) mass is 774 g/mol. The summed E-state index contributed by atoms with van der Waals surface area (Å²) in [5, 5.41) is 0. The highest BCUT2D eigenvalue weighted by molar-refractivity contribution is 6.07. The smallest absolute Gasteiger partial charge is 0.161 e. The SMILES string of the molecule is COc1cc(CCC(=O)C(Cc2ccccc2)(Cc2ccccc2)C(=O)CCc2ccc(OCCN3CCCCC3)c(OC)c2)ccc1OCCN1CCCCC1. The van der Waals surface area contributed by atoms with Crippen LogP contribution in [0.3, 0.4) is 0 Å². The van der Waals surface area contributed by atoms with Crippen molar-refractivity contribution in [3.63, 3.8) is 0 Å². The van der Waals surface area contributed by atoms with E-state index >= 15 is 0 Å². The van der Waals surface area contributed by atoms with Crippen LogP contribution < -0.4 is 18.9 Å². The van der Waals surface area contributed by atoms with Gasteiger partial charge in [0.15, 0.2) is 23.0 Å². The molecule has 2 saturated heterocycles. The number of carbonyl (C=O) groups excluding carboxylic acids is 2. The summed E-state index contributed by atoms with van der Waals surface area (Å²) in [4.78, 5) is 34.6. The number of nitrogens with zero attached hydrogens (tertiary/aromatic N) is 2. The summed E-state index contributed by atoms with van der Waals surface area (Å²) in [6.07, 6.45) is 9.69. The molecule has 304 valence electrons. The summed E-state index contributed by atoms with van der Waals surface area (Å²) < 4.78 is 23.8. The minimum atomic E-state index is -1.24. The van der Waals surface area contributed by atoms with Crippen molar-refractivity contribution < 1.29 is 28.5 Å².